The number of aliphatic hydroxyl groups excluding tert-OH is 7. The Morgan fingerprint density at radius 3 is 1.64 bits per heavy atom. The van der Waals surface area contributed by atoms with Crippen molar-refractivity contribution in [2.24, 2.45) is 28.6 Å². The van der Waals surface area contributed by atoms with E-state index in [1.54, 1.807) is 35.0 Å². The molecule has 0 aromatic carbocycles. The Labute approximate surface area is 457 Å². The fraction of sp³-hybridized carbons (Fsp3) is 0.945. The quantitative estimate of drug-likeness (QED) is 0.0977. The second-order valence-corrected chi connectivity index (χ2v) is 24.2. The third-order valence-corrected chi connectivity index (χ3v) is 20.0. The van der Waals surface area contributed by atoms with Gasteiger partial charge in [-0.25, -0.2) is 0 Å². The van der Waals surface area contributed by atoms with Crippen molar-refractivity contribution in [1.29, 1.82) is 0 Å². The number of rotatable bonds is 16. The van der Waals surface area contributed by atoms with Crippen LogP contribution in [0.5, 0.6) is 0 Å². The van der Waals surface area contributed by atoms with Gasteiger partial charge in [-0.15, -0.1) is 0 Å². The molecule has 0 aromatic rings. The van der Waals surface area contributed by atoms with Gasteiger partial charge in [0.05, 0.1) is 73.2 Å². The molecular weight excluding hydrogens is 1030 g/mol. The molecule has 0 bridgehead atoms. The zero-order valence-electron chi connectivity index (χ0n) is 47.0. The zero-order chi connectivity index (χ0) is 56.5. The molecule has 9 aliphatic rings. The number of carbonyl (C=O) groups is 1. The first-order valence-corrected chi connectivity index (χ1v) is 28.3. The van der Waals surface area contributed by atoms with Crippen LogP contribution < -0.4 is 0 Å². The third kappa shape index (κ3) is 10.9. The Balaban J connectivity index is 0.762. The Hall–Kier alpha value is -1.47. The van der Waals surface area contributed by atoms with Gasteiger partial charge in [0.2, 0.25) is 0 Å². The number of allylic oxidation sites excluding steroid dienone is 1. The Kier molecular flexibility index (Phi) is 19.0. The van der Waals surface area contributed by atoms with Crippen molar-refractivity contribution < 1.29 is 112 Å². The van der Waals surface area contributed by atoms with Gasteiger partial charge >= 0.3 is 0 Å². The molecule has 31 unspecified atom stereocenters. The third-order valence-electron chi connectivity index (χ3n) is 20.0. The smallest absolute Gasteiger partial charge is 0.187 e. The van der Waals surface area contributed by atoms with Crippen LogP contribution in [0.25, 0.3) is 0 Å². The molecule has 5 heterocycles. The SMILES string of the molecule is COC1CC(OC2CCC3(C)C(=CCC4C3C(O)C(O)C3(C)C(C(C)=O)CCC43O)C2)OC(C)C1OC1CC(OC)C(OC2CC(OC)C(OC3OC(C)C(OC4OC(CO)C(O)C(O)C4O)C(OC)C3O)C(C)O2)C(C)O1. The van der Waals surface area contributed by atoms with Gasteiger partial charge in [0, 0.05) is 65.0 Å². The Morgan fingerprint density at radius 2 is 1.12 bits per heavy atom. The molecule has 23 nitrogen and oxygen atoms in total. The minimum Gasteiger partial charge on any atom is -0.394 e. The van der Waals surface area contributed by atoms with Crippen LogP contribution >= 0.6 is 0 Å². The maximum atomic E-state index is 12.8. The summed E-state index contributed by atoms with van der Waals surface area (Å²) in [6, 6.07) is 0. The molecule has 5 aliphatic heterocycles. The van der Waals surface area contributed by atoms with Crippen molar-refractivity contribution in [2.45, 2.75) is 265 Å². The minimum absolute atomic E-state index is 0.0645. The van der Waals surface area contributed by atoms with E-state index in [2.05, 4.69) is 13.0 Å². The second kappa shape index (κ2) is 24.3. The fourth-order valence-corrected chi connectivity index (χ4v) is 15.6. The first-order chi connectivity index (χ1) is 37.0. The Bertz CT molecular complexity index is 2050. The summed E-state index contributed by atoms with van der Waals surface area (Å²) in [7, 11) is 6.15. The van der Waals surface area contributed by atoms with E-state index in [9.17, 15) is 45.6 Å². The predicted molar refractivity (Wildman–Crippen MR) is 269 cm³/mol. The van der Waals surface area contributed by atoms with Gasteiger partial charge in [-0.3, -0.25) is 4.79 Å². The summed E-state index contributed by atoms with van der Waals surface area (Å²) >= 11 is 0. The first-order valence-electron chi connectivity index (χ1n) is 28.3. The van der Waals surface area contributed by atoms with Gasteiger partial charge in [-0.1, -0.05) is 25.5 Å². The number of hydrogen-bond donors (Lipinski definition) is 8. The highest BCUT2D eigenvalue weighted by molar-refractivity contribution is 5.80. The van der Waals surface area contributed by atoms with Crippen LogP contribution in [0.15, 0.2) is 11.6 Å². The van der Waals surface area contributed by atoms with Gasteiger partial charge < -0.3 is 107 Å². The minimum atomic E-state index is -1.67. The lowest BCUT2D eigenvalue weighted by atomic mass is 9.44. The normalized spacial score (nSPS) is 53.7. The van der Waals surface area contributed by atoms with Crippen LogP contribution in [0.2, 0.25) is 0 Å². The van der Waals surface area contributed by atoms with Gasteiger partial charge in [-0.2, -0.15) is 0 Å². The number of methoxy groups -OCH3 is 4. The highest BCUT2D eigenvalue weighted by Gasteiger charge is 2.73. The molecule has 0 spiro atoms. The molecule has 78 heavy (non-hydrogen) atoms. The van der Waals surface area contributed by atoms with Crippen molar-refractivity contribution in [3.63, 3.8) is 0 Å². The van der Waals surface area contributed by atoms with Crippen LogP contribution in [-0.2, 0) is 71.1 Å². The summed E-state index contributed by atoms with van der Waals surface area (Å²) in [6.07, 6.45) is -16.0. The molecule has 0 amide bonds. The lowest BCUT2D eigenvalue weighted by Gasteiger charge is -2.64. The summed E-state index contributed by atoms with van der Waals surface area (Å²) in [6.45, 7) is 12.1. The lowest BCUT2D eigenvalue weighted by Crippen LogP contribution is -2.71. The average molecular weight is 1120 g/mol. The van der Waals surface area contributed by atoms with Crippen molar-refractivity contribution in [1.82, 2.24) is 0 Å². The molecule has 9 rings (SSSR count). The maximum absolute atomic E-state index is 12.8. The molecule has 3 saturated carbocycles. The van der Waals surface area contributed by atoms with Crippen molar-refractivity contribution in [3.05, 3.63) is 11.6 Å². The highest BCUT2D eigenvalue weighted by Crippen LogP contribution is 2.68. The van der Waals surface area contributed by atoms with Crippen LogP contribution in [-0.4, -0.2) is 241 Å². The summed E-state index contributed by atoms with van der Waals surface area (Å²) in [5.41, 5.74) is -1.73. The van der Waals surface area contributed by atoms with E-state index in [0.717, 1.165) is 5.57 Å². The summed E-state index contributed by atoms with van der Waals surface area (Å²) in [4.78, 5) is 12.8. The van der Waals surface area contributed by atoms with Crippen molar-refractivity contribution >= 4 is 5.78 Å². The number of hydrogen-bond acceptors (Lipinski definition) is 23. The van der Waals surface area contributed by atoms with Crippen LogP contribution in [0.4, 0.5) is 0 Å². The van der Waals surface area contributed by atoms with E-state index < -0.39 is 176 Å². The van der Waals surface area contributed by atoms with E-state index in [0.29, 0.717) is 51.4 Å². The van der Waals surface area contributed by atoms with Crippen LogP contribution in [0, 0.1) is 28.6 Å². The lowest BCUT2D eigenvalue weighted by molar-refractivity contribution is -0.374. The topological polar surface area (TPSA) is 308 Å². The first kappa shape index (κ1) is 61.1. The summed E-state index contributed by atoms with van der Waals surface area (Å²) in [5, 5.41) is 88.4. The van der Waals surface area contributed by atoms with Crippen molar-refractivity contribution in [3.8, 4) is 0 Å². The highest BCUT2D eigenvalue weighted by atomic mass is 16.8. The van der Waals surface area contributed by atoms with Crippen LogP contribution in [0.3, 0.4) is 0 Å². The zero-order valence-corrected chi connectivity index (χ0v) is 47.0. The van der Waals surface area contributed by atoms with E-state index in [4.69, 9.17) is 66.3 Å². The van der Waals surface area contributed by atoms with Gasteiger partial charge in [0.1, 0.15) is 66.8 Å². The second-order valence-electron chi connectivity index (χ2n) is 24.2. The van der Waals surface area contributed by atoms with E-state index in [1.807, 2.05) is 13.8 Å². The molecule has 448 valence electrons. The van der Waals surface area contributed by atoms with Crippen molar-refractivity contribution in [2.75, 3.05) is 35.0 Å². The number of ether oxygens (including phenoxy) is 14. The predicted octanol–water partition coefficient (Wildman–Crippen LogP) is 0.507. The number of aliphatic hydroxyl groups is 8. The molecular formula is C55H90O23. The standard InChI is InChI=1S/C55H90O23/c1-23(57)30-15-17-55(64)31-13-12-28-18-29(14-16-53(28,6)39(31)41(59)50(63)54(30,55)7)73-36-19-32(65-8)45(24(2)69-36)75-37-20-33(66-9)46(25(3)70-37)76-38-21-34(67-10)47(26(4)71-38)77-52-44(62)49(68-11)48(27(5)72-52)78-51-43(61)42(60)40(58)35(22-56)74-51/h12,24-27,29-52,56,58-64H,13-22H2,1-11H3. The number of ketones is 1. The summed E-state index contributed by atoms with van der Waals surface area (Å²) in [5.74, 6) is -1.25. The van der Waals surface area contributed by atoms with Gasteiger partial charge in [-0.05, 0) is 84.5 Å². The average Bonchev–Trinajstić information content (AvgIpc) is 3.89. The summed E-state index contributed by atoms with van der Waals surface area (Å²) < 4.78 is 87.0. The fourth-order valence-electron chi connectivity index (χ4n) is 15.6. The molecule has 31 atom stereocenters. The number of fused-ring (bicyclic) bond motifs is 5. The molecule has 8 N–H and O–H groups in total. The van der Waals surface area contributed by atoms with Gasteiger partial charge in [0.15, 0.2) is 31.5 Å². The molecule has 0 radical (unpaired) electrons. The molecule has 8 fully saturated rings. The van der Waals surface area contributed by atoms with E-state index in [-0.39, 0.29) is 30.1 Å². The molecule has 5 saturated heterocycles. The molecule has 0 aromatic heterocycles. The number of carbonyl (C=O) groups excluding carboxylic acids is 1. The maximum Gasteiger partial charge on any atom is 0.187 e. The Morgan fingerprint density at radius 1 is 0.603 bits per heavy atom. The largest absolute Gasteiger partial charge is 0.394 e. The van der Waals surface area contributed by atoms with E-state index in [1.165, 1.54) is 21.1 Å². The monoisotopic (exact) mass is 1120 g/mol. The van der Waals surface area contributed by atoms with Crippen LogP contribution in [0.1, 0.15) is 106 Å². The molecule has 23 heteroatoms. The number of Topliss-reactive ketones (excluding diaryl/α,β-unsaturated/α-hetero) is 1. The van der Waals surface area contributed by atoms with Gasteiger partial charge in [0.25, 0.3) is 0 Å². The molecule has 4 aliphatic carbocycles. The van der Waals surface area contributed by atoms with E-state index >= 15 is 0 Å².